The first kappa shape index (κ1) is 21.6. The Morgan fingerprint density at radius 2 is 1.90 bits per heavy atom. The molecule has 0 aliphatic carbocycles. The zero-order valence-electron chi connectivity index (χ0n) is 18.5. The summed E-state index contributed by atoms with van der Waals surface area (Å²) >= 11 is 0. The van der Waals surface area contributed by atoms with Crippen LogP contribution in [0.4, 0.5) is 0 Å². The van der Waals surface area contributed by atoms with Crippen molar-refractivity contribution in [3.05, 3.63) is 82.0 Å². The quantitative estimate of drug-likeness (QED) is 0.328. The number of phenolic OH excluding ortho intramolecular Hbond substituents is 1. The Morgan fingerprint density at radius 1 is 1.13 bits per heavy atom. The normalized spacial score (nSPS) is 17.5. The molecule has 1 heterocycles. The van der Waals surface area contributed by atoms with Crippen LogP contribution in [0.3, 0.4) is 0 Å². The lowest BCUT2D eigenvalue weighted by Gasteiger charge is -2.32. The summed E-state index contributed by atoms with van der Waals surface area (Å²) in [6, 6.07) is 9.31. The fraction of sp³-hybridized carbons (Fsp3) is 0.296. The molecule has 1 aliphatic rings. The molecule has 0 saturated heterocycles. The second kappa shape index (κ2) is 8.74. The number of hydrogen-bond acceptors (Lipinski definition) is 3. The van der Waals surface area contributed by atoms with Crippen molar-refractivity contribution in [2.24, 2.45) is 0 Å². The molecule has 1 aliphatic heterocycles. The van der Waals surface area contributed by atoms with Crippen molar-refractivity contribution in [2.45, 2.75) is 53.1 Å². The van der Waals surface area contributed by atoms with Gasteiger partial charge in [0, 0.05) is 11.1 Å². The highest BCUT2D eigenvalue weighted by Gasteiger charge is 2.28. The summed E-state index contributed by atoms with van der Waals surface area (Å²) in [7, 11) is 0. The third-order valence-corrected chi connectivity index (χ3v) is 5.55. The van der Waals surface area contributed by atoms with Crippen LogP contribution in [0, 0.1) is 13.8 Å². The Hall–Kier alpha value is -3.07. The van der Waals surface area contributed by atoms with Crippen molar-refractivity contribution in [3.63, 3.8) is 0 Å². The number of carbonyl (C=O) groups excluding carboxylic acids is 1. The van der Waals surface area contributed by atoms with Crippen molar-refractivity contribution in [2.75, 3.05) is 0 Å². The summed E-state index contributed by atoms with van der Waals surface area (Å²) in [5.41, 5.74) is 5.01. The van der Waals surface area contributed by atoms with Crippen molar-refractivity contribution in [1.82, 2.24) is 0 Å². The number of fused-ring (bicyclic) bond motifs is 1. The molecule has 30 heavy (non-hydrogen) atoms. The molecule has 1 atom stereocenters. The molecule has 0 bridgehead atoms. The van der Waals surface area contributed by atoms with Crippen LogP contribution < -0.4 is 4.74 Å². The number of ketones is 1. The van der Waals surface area contributed by atoms with Crippen LogP contribution in [0.15, 0.2) is 54.1 Å². The maximum atomic E-state index is 12.5. The molecule has 0 spiro atoms. The topological polar surface area (TPSA) is 46.5 Å². The Labute approximate surface area is 179 Å². The van der Waals surface area contributed by atoms with Crippen LogP contribution in [0.5, 0.6) is 11.5 Å². The maximum Gasteiger partial charge on any atom is 0.185 e. The highest BCUT2D eigenvalue weighted by molar-refractivity contribution is 6.07. The minimum atomic E-state index is -0.401. The Morgan fingerprint density at radius 3 is 2.60 bits per heavy atom. The number of phenols is 1. The molecule has 1 unspecified atom stereocenters. The van der Waals surface area contributed by atoms with Gasteiger partial charge in [0.1, 0.15) is 17.1 Å². The third kappa shape index (κ3) is 4.91. The summed E-state index contributed by atoms with van der Waals surface area (Å²) in [5.74, 6) is 0.695. The van der Waals surface area contributed by atoms with Gasteiger partial charge < -0.3 is 9.84 Å². The van der Waals surface area contributed by atoms with E-state index in [1.54, 1.807) is 12.1 Å². The molecule has 3 rings (SSSR count). The van der Waals surface area contributed by atoms with Gasteiger partial charge in [-0.3, -0.25) is 4.79 Å². The summed E-state index contributed by atoms with van der Waals surface area (Å²) in [5, 5.41) is 10.7. The van der Waals surface area contributed by atoms with E-state index in [0.717, 1.165) is 24.0 Å². The minimum absolute atomic E-state index is 0.0890. The van der Waals surface area contributed by atoms with E-state index in [9.17, 15) is 9.90 Å². The molecule has 1 N–H and O–H groups in total. The van der Waals surface area contributed by atoms with Crippen LogP contribution in [0.25, 0.3) is 12.2 Å². The van der Waals surface area contributed by atoms with Crippen molar-refractivity contribution in [3.8, 4) is 11.5 Å². The van der Waals surface area contributed by atoms with Crippen LogP contribution in [-0.2, 0) is 0 Å². The van der Waals surface area contributed by atoms with Gasteiger partial charge in [0.2, 0.25) is 0 Å². The number of carbonyl (C=O) groups is 1. The highest BCUT2D eigenvalue weighted by Crippen LogP contribution is 2.40. The monoisotopic (exact) mass is 402 g/mol. The first-order valence-corrected chi connectivity index (χ1v) is 10.4. The predicted molar refractivity (Wildman–Crippen MR) is 124 cm³/mol. The molecule has 2 aromatic rings. The van der Waals surface area contributed by atoms with E-state index in [0.29, 0.717) is 22.4 Å². The van der Waals surface area contributed by atoms with Crippen LogP contribution in [0.2, 0.25) is 0 Å². The highest BCUT2D eigenvalue weighted by atomic mass is 16.5. The number of hydrogen-bond donors (Lipinski definition) is 1. The van der Waals surface area contributed by atoms with Gasteiger partial charge in [0.25, 0.3) is 0 Å². The first-order chi connectivity index (χ1) is 14.2. The van der Waals surface area contributed by atoms with E-state index in [1.807, 2.05) is 50.3 Å². The summed E-state index contributed by atoms with van der Waals surface area (Å²) in [4.78, 5) is 12.5. The molecule has 0 radical (unpaired) electrons. The molecule has 2 aromatic carbocycles. The zero-order valence-corrected chi connectivity index (χ0v) is 18.5. The molecule has 156 valence electrons. The van der Waals surface area contributed by atoms with E-state index >= 15 is 0 Å². The van der Waals surface area contributed by atoms with Gasteiger partial charge in [-0.05, 0) is 101 Å². The third-order valence-electron chi connectivity index (χ3n) is 5.55. The molecule has 0 aromatic heterocycles. The van der Waals surface area contributed by atoms with E-state index in [4.69, 9.17) is 4.74 Å². The van der Waals surface area contributed by atoms with Crippen molar-refractivity contribution in [1.29, 1.82) is 0 Å². The number of benzene rings is 2. The van der Waals surface area contributed by atoms with E-state index in [1.165, 1.54) is 11.6 Å². The fourth-order valence-electron chi connectivity index (χ4n) is 3.47. The van der Waals surface area contributed by atoms with Crippen LogP contribution in [0.1, 0.15) is 66.2 Å². The van der Waals surface area contributed by atoms with Crippen molar-refractivity contribution < 1.29 is 14.6 Å². The number of rotatable bonds is 6. The summed E-state index contributed by atoms with van der Waals surface area (Å²) < 4.78 is 6.19. The molecule has 0 amide bonds. The Bertz CT molecular complexity index is 1050. The lowest BCUT2D eigenvalue weighted by molar-refractivity contribution is 0.104. The van der Waals surface area contributed by atoms with E-state index in [2.05, 4.69) is 26.8 Å². The first-order valence-electron chi connectivity index (χ1n) is 10.4. The zero-order chi connectivity index (χ0) is 21.9. The number of aromatic hydroxyl groups is 1. The van der Waals surface area contributed by atoms with Crippen molar-refractivity contribution >= 4 is 17.9 Å². The lowest BCUT2D eigenvalue weighted by atomic mass is 9.93. The average molecular weight is 403 g/mol. The molecule has 0 fully saturated rings. The maximum absolute atomic E-state index is 12.5. The number of allylic oxidation sites excluding steroid dienone is 3. The Balaban J connectivity index is 1.78. The van der Waals surface area contributed by atoms with Gasteiger partial charge in [-0.25, -0.2) is 0 Å². The fourth-order valence-corrected chi connectivity index (χ4v) is 3.47. The van der Waals surface area contributed by atoms with E-state index < -0.39 is 5.60 Å². The minimum Gasteiger partial charge on any atom is -0.507 e. The molecule has 3 nitrogen and oxygen atoms in total. The molecule has 0 saturated carbocycles. The van der Waals surface area contributed by atoms with Gasteiger partial charge in [-0.15, -0.1) is 0 Å². The average Bonchev–Trinajstić information content (AvgIpc) is 2.69. The van der Waals surface area contributed by atoms with Gasteiger partial charge >= 0.3 is 0 Å². The molecular formula is C27H30O3. The largest absolute Gasteiger partial charge is 0.507 e. The molecule has 3 heteroatoms. The second-order valence-corrected chi connectivity index (χ2v) is 8.48. The van der Waals surface area contributed by atoms with Gasteiger partial charge in [0.05, 0.1) is 5.56 Å². The molecular weight excluding hydrogens is 372 g/mol. The Kier molecular flexibility index (Phi) is 6.31. The summed E-state index contributed by atoms with van der Waals surface area (Å²) in [6.45, 7) is 10.2. The number of aryl methyl sites for hydroxylation is 2. The number of ether oxygens (including phenoxy) is 1. The lowest BCUT2D eigenvalue weighted by Crippen LogP contribution is -2.31. The SMILES string of the molecule is CC(C)=CCCC1(C)C=Cc2c(ccc(/C=C/C(=O)c3ccc(C)c(C)c3)c2O)O1. The standard InChI is InChI=1S/C27H30O3/c1-18(2)7-6-15-27(5)16-14-23-25(30-27)13-11-21(26(23)29)10-12-24(28)22-9-8-19(3)20(4)17-22/h7-14,16-17,29H,6,15H2,1-5H3/b12-10+. The van der Waals surface area contributed by atoms with Gasteiger partial charge in [-0.1, -0.05) is 23.8 Å². The summed E-state index contributed by atoms with van der Waals surface area (Å²) in [6.07, 6.45) is 11.1. The van der Waals surface area contributed by atoms with E-state index in [-0.39, 0.29) is 11.5 Å². The van der Waals surface area contributed by atoms with Gasteiger partial charge in [0.15, 0.2) is 5.78 Å². The van der Waals surface area contributed by atoms with Gasteiger partial charge in [-0.2, -0.15) is 0 Å². The van der Waals surface area contributed by atoms with Crippen LogP contribution in [-0.4, -0.2) is 16.5 Å². The smallest absolute Gasteiger partial charge is 0.185 e. The second-order valence-electron chi connectivity index (χ2n) is 8.48. The predicted octanol–water partition coefficient (Wildman–Crippen LogP) is 6.82. The van der Waals surface area contributed by atoms with Crippen LogP contribution >= 0.6 is 0 Å².